The highest BCUT2D eigenvalue weighted by molar-refractivity contribution is 6.99. The van der Waals surface area contributed by atoms with Gasteiger partial charge in [0.05, 0.1) is 39.7 Å². The van der Waals surface area contributed by atoms with Crippen molar-refractivity contribution in [2.24, 2.45) is 0 Å². The average molecular weight is 302 g/mol. The number of benzene rings is 1. The van der Waals surface area contributed by atoms with E-state index >= 15 is 0 Å². The van der Waals surface area contributed by atoms with Crippen molar-refractivity contribution < 1.29 is 0 Å². The Kier molecular flexibility index (Phi) is 4.95. The molecule has 1 unspecified atom stereocenters. The minimum absolute atomic E-state index is 0.158. The van der Waals surface area contributed by atoms with Gasteiger partial charge in [-0.25, -0.2) is 0 Å². The SMILES string of the molecule is CCNC(Cc1ccc(Cl)c(Cl)c1)c1cnsn1. The summed E-state index contributed by atoms with van der Waals surface area (Å²) in [6.45, 7) is 2.95. The molecule has 1 atom stereocenters. The first kappa shape index (κ1) is 13.7. The number of likely N-dealkylation sites (N-methyl/N-ethyl adjacent to an activating group) is 1. The smallest absolute Gasteiger partial charge is 0.0915 e. The fraction of sp³-hybridized carbons (Fsp3) is 0.333. The predicted molar refractivity (Wildman–Crippen MR) is 76.5 cm³/mol. The van der Waals surface area contributed by atoms with Crippen LogP contribution in [-0.4, -0.2) is 15.3 Å². The molecular weight excluding hydrogens is 289 g/mol. The van der Waals surface area contributed by atoms with Crippen LogP contribution >= 0.6 is 34.9 Å². The summed E-state index contributed by atoms with van der Waals surface area (Å²) < 4.78 is 8.32. The van der Waals surface area contributed by atoms with E-state index in [0.717, 1.165) is 24.2 Å². The molecule has 0 aliphatic carbocycles. The van der Waals surface area contributed by atoms with Crippen molar-refractivity contribution in [3.05, 3.63) is 45.7 Å². The molecule has 0 radical (unpaired) electrons. The van der Waals surface area contributed by atoms with E-state index in [4.69, 9.17) is 23.2 Å². The molecular formula is C12H13Cl2N3S. The fourth-order valence-electron chi connectivity index (χ4n) is 1.76. The standard InChI is InChI=1S/C12H13Cl2N3S/c1-2-15-11(12-7-16-18-17-12)6-8-3-4-9(13)10(14)5-8/h3-5,7,11,15H,2,6H2,1H3. The van der Waals surface area contributed by atoms with Crippen LogP contribution in [0.25, 0.3) is 0 Å². The molecule has 0 fully saturated rings. The van der Waals surface area contributed by atoms with Gasteiger partial charge in [0.25, 0.3) is 0 Å². The lowest BCUT2D eigenvalue weighted by Crippen LogP contribution is -2.23. The van der Waals surface area contributed by atoms with Gasteiger partial charge in [-0.1, -0.05) is 36.2 Å². The maximum Gasteiger partial charge on any atom is 0.0915 e. The van der Waals surface area contributed by atoms with Crippen LogP contribution in [0.4, 0.5) is 0 Å². The van der Waals surface area contributed by atoms with Crippen LogP contribution in [0.3, 0.4) is 0 Å². The second kappa shape index (κ2) is 6.48. The second-order valence-corrected chi connectivity index (χ2v) is 5.27. The van der Waals surface area contributed by atoms with E-state index in [0.29, 0.717) is 10.0 Å². The molecule has 1 N–H and O–H groups in total. The molecule has 0 aliphatic rings. The molecule has 1 aromatic carbocycles. The van der Waals surface area contributed by atoms with E-state index in [-0.39, 0.29) is 6.04 Å². The van der Waals surface area contributed by atoms with E-state index in [1.165, 1.54) is 11.7 Å². The first-order valence-corrected chi connectivity index (χ1v) is 7.14. The van der Waals surface area contributed by atoms with E-state index in [2.05, 4.69) is 21.0 Å². The van der Waals surface area contributed by atoms with Gasteiger partial charge < -0.3 is 5.32 Å². The quantitative estimate of drug-likeness (QED) is 0.914. The maximum absolute atomic E-state index is 6.02. The topological polar surface area (TPSA) is 37.8 Å². The first-order valence-electron chi connectivity index (χ1n) is 5.65. The highest BCUT2D eigenvalue weighted by Crippen LogP contribution is 2.25. The zero-order valence-corrected chi connectivity index (χ0v) is 12.2. The van der Waals surface area contributed by atoms with Gasteiger partial charge in [-0.3, -0.25) is 0 Å². The molecule has 3 nitrogen and oxygen atoms in total. The third kappa shape index (κ3) is 3.42. The predicted octanol–water partition coefficient (Wildman–Crippen LogP) is 3.74. The molecule has 0 aliphatic heterocycles. The van der Waals surface area contributed by atoms with Crippen molar-refractivity contribution in [3.63, 3.8) is 0 Å². The number of hydrogen-bond acceptors (Lipinski definition) is 4. The van der Waals surface area contributed by atoms with Crippen molar-refractivity contribution in [3.8, 4) is 0 Å². The van der Waals surface area contributed by atoms with Gasteiger partial charge in [0.2, 0.25) is 0 Å². The second-order valence-electron chi connectivity index (χ2n) is 3.90. The van der Waals surface area contributed by atoms with Gasteiger partial charge in [0.15, 0.2) is 0 Å². The Morgan fingerprint density at radius 2 is 2.17 bits per heavy atom. The Labute approximate surface area is 120 Å². The van der Waals surface area contributed by atoms with Crippen LogP contribution in [0.5, 0.6) is 0 Å². The zero-order valence-electron chi connectivity index (χ0n) is 9.86. The van der Waals surface area contributed by atoms with Crippen LogP contribution in [0, 0.1) is 0 Å². The number of rotatable bonds is 5. The Morgan fingerprint density at radius 1 is 1.33 bits per heavy atom. The maximum atomic E-state index is 6.02. The molecule has 0 amide bonds. The lowest BCUT2D eigenvalue weighted by atomic mass is 10.0. The summed E-state index contributed by atoms with van der Waals surface area (Å²) in [7, 11) is 0. The molecule has 2 aromatic rings. The van der Waals surface area contributed by atoms with Gasteiger partial charge >= 0.3 is 0 Å². The molecule has 1 aromatic heterocycles. The van der Waals surface area contributed by atoms with Crippen molar-refractivity contribution in [1.29, 1.82) is 0 Å². The molecule has 2 rings (SSSR count). The van der Waals surface area contributed by atoms with E-state index in [1.807, 2.05) is 18.2 Å². The van der Waals surface area contributed by atoms with Crippen LogP contribution in [0.15, 0.2) is 24.4 Å². The molecule has 18 heavy (non-hydrogen) atoms. The summed E-state index contributed by atoms with van der Waals surface area (Å²) in [6, 6.07) is 5.86. The first-order chi connectivity index (χ1) is 8.70. The summed E-state index contributed by atoms with van der Waals surface area (Å²) in [6.07, 6.45) is 2.62. The highest BCUT2D eigenvalue weighted by Gasteiger charge is 2.14. The van der Waals surface area contributed by atoms with Crippen molar-refractivity contribution in [2.75, 3.05) is 6.54 Å². The van der Waals surface area contributed by atoms with Crippen molar-refractivity contribution >= 4 is 34.9 Å². The number of hydrogen-bond donors (Lipinski definition) is 1. The number of aromatic nitrogens is 2. The Bertz CT molecular complexity index is 502. The van der Waals surface area contributed by atoms with E-state index < -0.39 is 0 Å². The highest BCUT2D eigenvalue weighted by atomic mass is 35.5. The lowest BCUT2D eigenvalue weighted by Gasteiger charge is -2.15. The van der Waals surface area contributed by atoms with Gasteiger partial charge in [0, 0.05) is 0 Å². The van der Waals surface area contributed by atoms with E-state index in [9.17, 15) is 0 Å². The molecule has 96 valence electrons. The number of nitrogens with one attached hydrogen (secondary N) is 1. The number of nitrogens with zero attached hydrogens (tertiary/aromatic N) is 2. The summed E-state index contributed by atoms with van der Waals surface area (Å²) in [4.78, 5) is 0. The van der Waals surface area contributed by atoms with Gasteiger partial charge in [-0.05, 0) is 30.7 Å². The fourth-order valence-corrected chi connectivity index (χ4v) is 2.55. The van der Waals surface area contributed by atoms with E-state index in [1.54, 1.807) is 6.20 Å². The Morgan fingerprint density at radius 3 is 2.78 bits per heavy atom. The monoisotopic (exact) mass is 301 g/mol. The largest absolute Gasteiger partial charge is 0.309 e. The lowest BCUT2D eigenvalue weighted by molar-refractivity contribution is 0.540. The zero-order chi connectivity index (χ0) is 13.0. The molecule has 0 saturated heterocycles. The van der Waals surface area contributed by atoms with Crippen LogP contribution < -0.4 is 5.32 Å². The molecule has 6 heteroatoms. The van der Waals surface area contributed by atoms with Gasteiger partial charge in [-0.2, -0.15) is 8.75 Å². The summed E-state index contributed by atoms with van der Waals surface area (Å²) in [5.74, 6) is 0. The van der Waals surface area contributed by atoms with Gasteiger partial charge in [0.1, 0.15) is 0 Å². The third-order valence-corrected chi connectivity index (χ3v) is 3.84. The van der Waals surface area contributed by atoms with Crippen molar-refractivity contribution in [2.45, 2.75) is 19.4 Å². The Hall–Kier alpha value is -0.680. The number of halogens is 2. The van der Waals surface area contributed by atoms with Crippen LogP contribution in [0.1, 0.15) is 24.2 Å². The van der Waals surface area contributed by atoms with Crippen LogP contribution in [0.2, 0.25) is 10.0 Å². The minimum Gasteiger partial charge on any atom is -0.309 e. The molecule has 0 saturated carbocycles. The summed E-state index contributed by atoms with van der Waals surface area (Å²) >= 11 is 13.2. The molecule has 0 spiro atoms. The molecule has 0 bridgehead atoms. The Balaban J connectivity index is 2.16. The molecule has 1 heterocycles. The van der Waals surface area contributed by atoms with Crippen LogP contribution in [-0.2, 0) is 6.42 Å². The van der Waals surface area contributed by atoms with Gasteiger partial charge in [-0.15, -0.1) is 0 Å². The van der Waals surface area contributed by atoms with Crippen molar-refractivity contribution in [1.82, 2.24) is 14.1 Å². The minimum atomic E-state index is 0.158. The third-order valence-electron chi connectivity index (χ3n) is 2.61. The summed E-state index contributed by atoms with van der Waals surface area (Å²) in [5, 5.41) is 4.56. The normalized spacial score (nSPS) is 12.6. The summed E-state index contributed by atoms with van der Waals surface area (Å²) in [5.41, 5.74) is 2.09. The average Bonchev–Trinajstić information content (AvgIpc) is 2.87.